The Morgan fingerprint density at radius 1 is 1.13 bits per heavy atom. The normalized spacial score (nSPS) is 10.9. The van der Waals surface area contributed by atoms with Gasteiger partial charge in [0.1, 0.15) is 0 Å². The predicted molar refractivity (Wildman–Crippen MR) is 60.3 cm³/mol. The number of fused-ring (bicyclic) bond motifs is 1. The van der Waals surface area contributed by atoms with E-state index in [9.17, 15) is 0 Å². The molecule has 2 rings (SSSR count). The van der Waals surface area contributed by atoms with Gasteiger partial charge in [0.05, 0.1) is 17.6 Å². The van der Waals surface area contributed by atoms with Gasteiger partial charge in [-0.05, 0) is 17.7 Å². The quantitative estimate of drug-likeness (QED) is 0.812. The van der Waals surface area contributed by atoms with Crippen LogP contribution in [0.2, 0.25) is 10.3 Å². The Balaban J connectivity index is 2.56. The molecule has 0 atom stereocenters. The van der Waals surface area contributed by atoms with Gasteiger partial charge in [0, 0.05) is 7.11 Å². The van der Waals surface area contributed by atoms with Crippen molar-refractivity contribution in [2.75, 3.05) is 7.11 Å². The Bertz CT molecular complexity index is 502. The third-order valence-corrected chi connectivity index (χ3v) is 2.58. The number of hydrogen-bond donors (Lipinski definition) is 0. The molecule has 1 aromatic carbocycles. The molecule has 0 N–H and O–H groups in total. The van der Waals surface area contributed by atoms with E-state index in [4.69, 9.17) is 27.9 Å². The summed E-state index contributed by atoms with van der Waals surface area (Å²) in [6, 6.07) is 5.65. The van der Waals surface area contributed by atoms with Crippen LogP contribution in [0.3, 0.4) is 0 Å². The Kier molecular flexibility index (Phi) is 3.05. The van der Waals surface area contributed by atoms with Crippen LogP contribution in [-0.2, 0) is 11.3 Å². The van der Waals surface area contributed by atoms with Crippen LogP contribution in [0.25, 0.3) is 11.0 Å². The number of methoxy groups -OCH3 is 1. The second-order valence-corrected chi connectivity index (χ2v) is 3.78. The Morgan fingerprint density at radius 3 is 2.47 bits per heavy atom. The van der Waals surface area contributed by atoms with E-state index in [-0.39, 0.29) is 10.3 Å². The van der Waals surface area contributed by atoms with Crippen molar-refractivity contribution in [3.05, 3.63) is 34.1 Å². The van der Waals surface area contributed by atoms with Crippen LogP contribution < -0.4 is 0 Å². The second kappa shape index (κ2) is 4.31. The standard InChI is InChI=1S/C10H8Cl2N2O/c1-15-5-6-2-3-7-8(4-6)14-10(12)9(11)13-7/h2-4H,5H2,1H3. The summed E-state index contributed by atoms with van der Waals surface area (Å²) in [5.74, 6) is 0. The summed E-state index contributed by atoms with van der Waals surface area (Å²) in [6.07, 6.45) is 0. The highest BCUT2D eigenvalue weighted by Gasteiger charge is 2.04. The summed E-state index contributed by atoms with van der Waals surface area (Å²) >= 11 is 11.5. The number of nitrogens with zero attached hydrogens (tertiary/aromatic N) is 2. The molecule has 2 aromatic rings. The highest BCUT2D eigenvalue weighted by Crippen LogP contribution is 2.21. The Labute approximate surface area is 97.0 Å². The number of rotatable bonds is 2. The van der Waals surface area contributed by atoms with Gasteiger partial charge in [-0.3, -0.25) is 0 Å². The van der Waals surface area contributed by atoms with Crippen molar-refractivity contribution in [1.82, 2.24) is 9.97 Å². The van der Waals surface area contributed by atoms with E-state index in [1.165, 1.54) is 0 Å². The first-order chi connectivity index (χ1) is 7.20. The smallest absolute Gasteiger partial charge is 0.167 e. The van der Waals surface area contributed by atoms with Crippen LogP contribution in [0.15, 0.2) is 18.2 Å². The van der Waals surface area contributed by atoms with Crippen LogP contribution >= 0.6 is 23.2 Å². The molecule has 78 valence electrons. The number of halogens is 2. The number of hydrogen-bond acceptors (Lipinski definition) is 3. The summed E-state index contributed by atoms with van der Waals surface area (Å²) in [6.45, 7) is 0.540. The molecule has 0 aliphatic carbocycles. The maximum absolute atomic E-state index is 5.78. The van der Waals surface area contributed by atoms with Crippen molar-refractivity contribution in [1.29, 1.82) is 0 Å². The van der Waals surface area contributed by atoms with Crippen molar-refractivity contribution in [2.45, 2.75) is 6.61 Å². The molecule has 0 radical (unpaired) electrons. The van der Waals surface area contributed by atoms with Gasteiger partial charge in [0.15, 0.2) is 10.3 Å². The summed E-state index contributed by atoms with van der Waals surface area (Å²) in [7, 11) is 1.64. The molecule has 0 fully saturated rings. The zero-order valence-corrected chi connectivity index (χ0v) is 9.51. The summed E-state index contributed by atoms with van der Waals surface area (Å²) < 4.78 is 5.02. The fourth-order valence-electron chi connectivity index (χ4n) is 1.31. The van der Waals surface area contributed by atoms with Gasteiger partial charge in [0.2, 0.25) is 0 Å². The third kappa shape index (κ3) is 2.20. The Morgan fingerprint density at radius 2 is 1.80 bits per heavy atom. The molecule has 1 heterocycles. The van der Waals surface area contributed by atoms with Crippen molar-refractivity contribution in [3.8, 4) is 0 Å². The summed E-state index contributed by atoms with van der Waals surface area (Å²) in [5, 5.41) is 0.447. The van der Waals surface area contributed by atoms with Gasteiger partial charge in [-0.15, -0.1) is 0 Å². The van der Waals surface area contributed by atoms with Crippen molar-refractivity contribution in [3.63, 3.8) is 0 Å². The molecule has 0 saturated heterocycles. The molecular formula is C10H8Cl2N2O. The first-order valence-corrected chi connectivity index (χ1v) is 5.07. The van der Waals surface area contributed by atoms with Gasteiger partial charge in [-0.2, -0.15) is 0 Å². The topological polar surface area (TPSA) is 35.0 Å². The molecular weight excluding hydrogens is 235 g/mol. The van der Waals surface area contributed by atoms with Gasteiger partial charge in [-0.1, -0.05) is 29.3 Å². The highest BCUT2D eigenvalue weighted by molar-refractivity contribution is 6.40. The van der Waals surface area contributed by atoms with Crippen molar-refractivity contribution in [2.24, 2.45) is 0 Å². The van der Waals surface area contributed by atoms with Crippen LogP contribution in [0, 0.1) is 0 Å². The van der Waals surface area contributed by atoms with E-state index < -0.39 is 0 Å². The largest absolute Gasteiger partial charge is 0.380 e. The van der Waals surface area contributed by atoms with Gasteiger partial charge in [-0.25, -0.2) is 9.97 Å². The SMILES string of the molecule is COCc1ccc2nc(Cl)c(Cl)nc2c1. The highest BCUT2D eigenvalue weighted by atomic mass is 35.5. The molecule has 1 aromatic heterocycles. The average molecular weight is 243 g/mol. The number of ether oxygens (including phenoxy) is 1. The lowest BCUT2D eigenvalue weighted by atomic mass is 10.2. The molecule has 0 bridgehead atoms. The van der Waals surface area contributed by atoms with E-state index in [2.05, 4.69) is 9.97 Å². The number of aromatic nitrogens is 2. The van der Waals surface area contributed by atoms with Crippen LogP contribution in [0.5, 0.6) is 0 Å². The maximum Gasteiger partial charge on any atom is 0.167 e. The molecule has 15 heavy (non-hydrogen) atoms. The molecule has 0 saturated carbocycles. The molecule has 0 amide bonds. The average Bonchev–Trinajstić information content (AvgIpc) is 2.21. The van der Waals surface area contributed by atoms with Crippen LogP contribution in [0.4, 0.5) is 0 Å². The molecule has 0 spiro atoms. The predicted octanol–water partition coefficient (Wildman–Crippen LogP) is 3.08. The fourth-order valence-corrected chi connectivity index (χ4v) is 1.58. The molecule has 0 aliphatic heterocycles. The second-order valence-electron chi connectivity index (χ2n) is 3.06. The minimum Gasteiger partial charge on any atom is -0.380 e. The van der Waals surface area contributed by atoms with Crippen molar-refractivity contribution >= 4 is 34.2 Å². The first kappa shape index (κ1) is 10.6. The lowest BCUT2D eigenvalue weighted by Crippen LogP contribution is -1.91. The third-order valence-electron chi connectivity index (χ3n) is 1.96. The van der Waals surface area contributed by atoms with E-state index in [0.29, 0.717) is 6.61 Å². The Hall–Kier alpha value is -0.900. The van der Waals surface area contributed by atoms with E-state index in [0.717, 1.165) is 16.6 Å². The van der Waals surface area contributed by atoms with E-state index in [1.807, 2.05) is 18.2 Å². The minimum atomic E-state index is 0.221. The molecule has 0 unspecified atom stereocenters. The minimum absolute atomic E-state index is 0.221. The van der Waals surface area contributed by atoms with Crippen LogP contribution in [0.1, 0.15) is 5.56 Å². The first-order valence-electron chi connectivity index (χ1n) is 4.31. The zero-order valence-electron chi connectivity index (χ0n) is 8.00. The summed E-state index contributed by atoms with van der Waals surface area (Å²) in [4.78, 5) is 8.24. The van der Waals surface area contributed by atoms with Crippen molar-refractivity contribution < 1.29 is 4.74 Å². The summed E-state index contributed by atoms with van der Waals surface area (Å²) in [5.41, 5.74) is 2.47. The van der Waals surface area contributed by atoms with Gasteiger partial charge in [0.25, 0.3) is 0 Å². The lowest BCUT2D eigenvalue weighted by molar-refractivity contribution is 0.185. The monoisotopic (exact) mass is 242 g/mol. The molecule has 5 heteroatoms. The van der Waals surface area contributed by atoms with Gasteiger partial charge >= 0.3 is 0 Å². The number of benzene rings is 1. The van der Waals surface area contributed by atoms with E-state index in [1.54, 1.807) is 7.11 Å². The molecule has 0 aliphatic rings. The van der Waals surface area contributed by atoms with E-state index >= 15 is 0 Å². The fraction of sp³-hybridized carbons (Fsp3) is 0.200. The van der Waals surface area contributed by atoms with Crippen LogP contribution in [-0.4, -0.2) is 17.1 Å². The molecule has 3 nitrogen and oxygen atoms in total. The zero-order chi connectivity index (χ0) is 10.8. The van der Waals surface area contributed by atoms with Gasteiger partial charge < -0.3 is 4.74 Å². The lowest BCUT2D eigenvalue weighted by Gasteiger charge is -2.02. The maximum atomic E-state index is 5.78.